The van der Waals surface area contributed by atoms with Gasteiger partial charge in [0.1, 0.15) is 29.4 Å². The highest BCUT2D eigenvalue weighted by Gasteiger charge is 2.57. The second kappa shape index (κ2) is 17.0. The van der Waals surface area contributed by atoms with Crippen LogP contribution in [0, 0.1) is 0 Å². The van der Waals surface area contributed by atoms with Crippen molar-refractivity contribution in [2.45, 2.75) is 121 Å². The molecule has 2 amide bonds. The number of carbonyl (C=O) groups is 2. The molecule has 3 N–H and O–H groups in total. The molecule has 1 aromatic carbocycles. The van der Waals surface area contributed by atoms with Gasteiger partial charge in [-0.2, -0.15) is 9.97 Å². The summed E-state index contributed by atoms with van der Waals surface area (Å²) in [5.41, 5.74) is -0.936. The molecular formula is C36H46F2N7O9P. The summed E-state index contributed by atoms with van der Waals surface area (Å²) in [6.07, 6.45) is -3.43. The fourth-order valence-corrected chi connectivity index (χ4v) is 9.48. The van der Waals surface area contributed by atoms with E-state index >= 15 is 4.39 Å². The lowest BCUT2D eigenvalue weighted by atomic mass is 9.87. The predicted octanol–water partition coefficient (Wildman–Crippen LogP) is 4.08. The van der Waals surface area contributed by atoms with Crippen molar-refractivity contribution in [1.29, 1.82) is 0 Å². The zero-order valence-corrected chi connectivity index (χ0v) is 32.0. The molecule has 4 aliphatic heterocycles. The Kier molecular flexibility index (Phi) is 12.6. The Bertz CT molecular complexity index is 1960. The molecule has 0 bridgehead atoms. The molecule has 0 aliphatic carbocycles. The minimum Gasteiger partial charge on any atom is -0.387 e. The van der Waals surface area contributed by atoms with Crippen LogP contribution < -0.4 is 22.0 Å². The third-order valence-corrected chi connectivity index (χ3v) is 11.9. The quantitative estimate of drug-likeness (QED) is 0.264. The fraction of sp³-hybridized carbons (Fsp3) is 0.556. The van der Waals surface area contributed by atoms with E-state index in [0.29, 0.717) is 12.8 Å². The molecule has 0 saturated carbocycles. The van der Waals surface area contributed by atoms with Crippen molar-refractivity contribution in [3.05, 3.63) is 81.4 Å². The number of hydrogen-bond donors (Lipinski definition) is 3. The molecule has 2 unspecified atom stereocenters. The van der Waals surface area contributed by atoms with Gasteiger partial charge in [0.15, 0.2) is 24.8 Å². The SMILES string of the molecule is CC[C@H]1O[C@@H](n2ccc(NC(C)=O)nc2=O)[C@@H](F)C1O.CC[C@H]1O[C@@H](n2ccc(NC(C)=O)nc2=O)[C@@H](F)C1O[P@@]1O[C@](C)(c2ccccc2)[C@@H]2CCCN21. The lowest BCUT2D eigenvalue weighted by Gasteiger charge is -2.29. The van der Waals surface area contributed by atoms with Gasteiger partial charge in [0.2, 0.25) is 11.8 Å². The van der Waals surface area contributed by atoms with Crippen LogP contribution >= 0.6 is 8.53 Å². The van der Waals surface area contributed by atoms with Crippen molar-refractivity contribution in [2.24, 2.45) is 0 Å². The first-order valence-electron chi connectivity index (χ1n) is 18.2. The largest absolute Gasteiger partial charge is 0.387 e. The van der Waals surface area contributed by atoms with E-state index in [1.807, 2.05) is 25.1 Å². The molecule has 4 fully saturated rings. The van der Waals surface area contributed by atoms with Crippen LogP contribution in [0.15, 0.2) is 64.4 Å². The van der Waals surface area contributed by atoms with Gasteiger partial charge in [-0.25, -0.2) is 23.0 Å². The van der Waals surface area contributed by atoms with E-state index in [-0.39, 0.29) is 29.5 Å². The second-order valence-electron chi connectivity index (χ2n) is 13.9. The van der Waals surface area contributed by atoms with Gasteiger partial charge in [-0.15, -0.1) is 0 Å². The maximum atomic E-state index is 15.8. The Hall–Kier alpha value is -4.03. The van der Waals surface area contributed by atoms with Gasteiger partial charge < -0.3 is 34.3 Å². The van der Waals surface area contributed by atoms with Crippen LogP contribution in [0.2, 0.25) is 0 Å². The van der Waals surface area contributed by atoms with Crippen LogP contribution in [-0.4, -0.2) is 90.0 Å². The van der Waals surface area contributed by atoms with Crippen LogP contribution in [0.1, 0.15) is 78.3 Å². The Morgan fingerprint density at radius 3 is 1.96 bits per heavy atom. The van der Waals surface area contributed by atoms with Crippen molar-refractivity contribution >= 4 is 32.0 Å². The molecule has 11 atom stereocenters. The number of carbonyl (C=O) groups excluding carboxylic acids is 2. The maximum Gasteiger partial charge on any atom is 0.351 e. The fourth-order valence-electron chi connectivity index (χ4n) is 7.33. The number of nitrogens with zero attached hydrogens (tertiary/aromatic N) is 5. The molecule has 16 nitrogen and oxygen atoms in total. The molecule has 4 aliphatic rings. The van der Waals surface area contributed by atoms with E-state index in [0.717, 1.165) is 34.1 Å². The number of benzene rings is 1. The third kappa shape index (κ3) is 8.40. The third-order valence-electron chi connectivity index (χ3n) is 10.1. The minimum absolute atomic E-state index is 0.0831. The first-order chi connectivity index (χ1) is 26.2. The molecule has 4 saturated heterocycles. The van der Waals surface area contributed by atoms with Gasteiger partial charge in [0, 0.05) is 32.8 Å². The Morgan fingerprint density at radius 2 is 1.45 bits per heavy atom. The van der Waals surface area contributed by atoms with E-state index in [1.165, 1.54) is 38.4 Å². The zero-order valence-electron chi connectivity index (χ0n) is 31.1. The van der Waals surface area contributed by atoms with Gasteiger partial charge in [0.05, 0.1) is 18.2 Å². The first kappa shape index (κ1) is 40.6. The number of fused-ring (bicyclic) bond motifs is 1. The van der Waals surface area contributed by atoms with Gasteiger partial charge in [-0.05, 0) is 50.3 Å². The van der Waals surface area contributed by atoms with E-state index in [4.69, 9.17) is 18.5 Å². The summed E-state index contributed by atoms with van der Waals surface area (Å²) in [5.74, 6) is -0.525. The topological polar surface area (TPSA) is 188 Å². The van der Waals surface area contributed by atoms with Gasteiger partial charge in [-0.1, -0.05) is 44.2 Å². The van der Waals surface area contributed by atoms with E-state index < -0.39 is 74.7 Å². The smallest absolute Gasteiger partial charge is 0.351 e. The molecule has 298 valence electrons. The average molecular weight is 790 g/mol. The number of rotatable bonds is 9. The Labute approximate surface area is 317 Å². The van der Waals surface area contributed by atoms with Crippen LogP contribution in [0.5, 0.6) is 0 Å². The molecule has 3 aromatic rings. The standard InChI is InChI=1S/C24H30FN4O5P.C12H16FN3O4/c1-4-17-21(20(25)22(32-17)28-14-12-19(26-15(2)30)27-23(28)31)33-35-29-13-8-11-18(29)24(3,34-35)16-9-6-5-7-10-16;1-3-7-10(18)9(13)11(20-7)16-5-4-8(14-6(2)17)15-12(16)19/h5-7,9-10,12,14,17-18,20-22H,4,8,11,13H2,1-3H3,(H,26,27,30,31);4-5,7,9-11,18H,3H2,1-2H3,(H,14,15,17,19)/t17-,18+,20+,21?,22-,24-,35+;7-,9+,10?,11-/m11/s1. The molecule has 55 heavy (non-hydrogen) atoms. The van der Waals surface area contributed by atoms with Gasteiger partial charge in [-0.3, -0.25) is 18.7 Å². The number of alkyl halides is 2. The van der Waals surface area contributed by atoms with Crippen molar-refractivity contribution < 1.29 is 42.0 Å². The summed E-state index contributed by atoms with van der Waals surface area (Å²) in [6.45, 7) is 9.16. The van der Waals surface area contributed by atoms with E-state index in [2.05, 4.69) is 44.3 Å². The monoisotopic (exact) mass is 789 g/mol. The summed E-state index contributed by atoms with van der Waals surface area (Å²) < 4.78 is 58.3. The molecular weight excluding hydrogens is 743 g/mol. The summed E-state index contributed by atoms with van der Waals surface area (Å²) in [4.78, 5) is 54.0. The number of amides is 2. The molecule has 0 radical (unpaired) electrons. The number of aliphatic hydroxyl groups is 1. The number of ether oxygens (including phenoxy) is 2. The molecule has 6 heterocycles. The number of hydrogen-bond acceptors (Lipinski definition) is 12. The van der Waals surface area contributed by atoms with Crippen molar-refractivity contribution in [3.63, 3.8) is 0 Å². The highest BCUT2D eigenvalue weighted by Crippen LogP contribution is 2.64. The van der Waals surface area contributed by atoms with Crippen LogP contribution in [-0.2, 0) is 33.7 Å². The highest BCUT2D eigenvalue weighted by molar-refractivity contribution is 7.45. The summed E-state index contributed by atoms with van der Waals surface area (Å²) >= 11 is 0. The van der Waals surface area contributed by atoms with Gasteiger partial charge >= 0.3 is 11.4 Å². The van der Waals surface area contributed by atoms with Crippen molar-refractivity contribution in [3.8, 4) is 0 Å². The minimum atomic E-state index is -1.70. The Morgan fingerprint density at radius 1 is 0.909 bits per heavy atom. The highest BCUT2D eigenvalue weighted by atomic mass is 31.2. The number of nitrogens with one attached hydrogen (secondary N) is 2. The van der Waals surface area contributed by atoms with Crippen molar-refractivity contribution in [2.75, 3.05) is 17.2 Å². The average Bonchev–Trinajstić information content (AvgIpc) is 3.90. The first-order valence-corrected chi connectivity index (χ1v) is 19.4. The predicted molar refractivity (Wildman–Crippen MR) is 196 cm³/mol. The number of aromatic nitrogens is 4. The zero-order chi connectivity index (χ0) is 39.6. The molecule has 0 spiro atoms. The number of aliphatic hydroxyl groups excluding tert-OH is 1. The van der Waals surface area contributed by atoms with Crippen LogP contribution in [0.4, 0.5) is 20.4 Å². The van der Waals surface area contributed by atoms with Crippen molar-refractivity contribution in [1.82, 2.24) is 23.8 Å². The van der Waals surface area contributed by atoms with E-state index in [9.17, 15) is 28.7 Å². The lowest BCUT2D eigenvalue weighted by molar-refractivity contribution is -0.115. The summed E-state index contributed by atoms with van der Waals surface area (Å²) in [7, 11) is -1.51. The summed E-state index contributed by atoms with van der Waals surface area (Å²) in [5, 5.41) is 14.5. The lowest BCUT2D eigenvalue weighted by Crippen LogP contribution is -2.37. The van der Waals surface area contributed by atoms with Gasteiger partial charge in [0.25, 0.3) is 8.53 Å². The van der Waals surface area contributed by atoms with Crippen LogP contribution in [0.3, 0.4) is 0 Å². The molecule has 7 rings (SSSR count). The number of halogens is 2. The van der Waals surface area contributed by atoms with E-state index in [1.54, 1.807) is 6.92 Å². The second-order valence-corrected chi connectivity index (χ2v) is 15.3. The maximum absolute atomic E-state index is 15.8. The van der Waals surface area contributed by atoms with Crippen LogP contribution in [0.25, 0.3) is 0 Å². The molecule has 19 heteroatoms. The normalized spacial score (nSPS) is 32.8. The number of anilines is 2. The Balaban J connectivity index is 0.000000219. The molecule has 2 aromatic heterocycles. The summed E-state index contributed by atoms with van der Waals surface area (Å²) in [6, 6.07) is 13.0.